The van der Waals surface area contributed by atoms with Crippen molar-refractivity contribution in [2.45, 2.75) is 0 Å². The second kappa shape index (κ2) is 8.36. The molecule has 0 N–H and O–H groups in total. The fraction of sp³-hybridized carbons (Fsp3) is 0.273. The molecule has 7 nitrogen and oxygen atoms in total. The highest BCUT2D eigenvalue weighted by Gasteiger charge is 2.21. The molecule has 29 heavy (non-hydrogen) atoms. The van der Waals surface area contributed by atoms with Crippen LogP contribution in [0.3, 0.4) is 0 Å². The number of hydrogen-bond donors (Lipinski definition) is 0. The van der Waals surface area contributed by atoms with Gasteiger partial charge < -0.3 is 23.5 Å². The molecule has 0 saturated carbocycles. The van der Waals surface area contributed by atoms with Gasteiger partial charge >= 0.3 is 0 Å². The minimum atomic E-state index is -0.313. The van der Waals surface area contributed by atoms with Gasteiger partial charge in [-0.2, -0.15) is 0 Å². The van der Waals surface area contributed by atoms with Crippen LogP contribution in [0.25, 0.3) is 22.3 Å². The molecule has 4 rings (SSSR count). The molecule has 1 saturated heterocycles. The van der Waals surface area contributed by atoms with E-state index in [1.165, 1.54) is 0 Å². The normalized spacial score (nSPS) is 14.0. The number of nitrogens with zero attached hydrogens (tertiary/aromatic N) is 1. The lowest BCUT2D eigenvalue weighted by atomic mass is 10.1. The predicted octanol–water partition coefficient (Wildman–Crippen LogP) is 2.71. The van der Waals surface area contributed by atoms with E-state index in [1.807, 2.05) is 0 Å². The lowest BCUT2D eigenvalue weighted by molar-refractivity contribution is -0.137. The van der Waals surface area contributed by atoms with Gasteiger partial charge in [0.05, 0.1) is 25.7 Å². The molecule has 7 heteroatoms. The topological polar surface area (TPSA) is 78.2 Å². The van der Waals surface area contributed by atoms with E-state index in [-0.39, 0.29) is 29.5 Å². The Labute approximate surface area is 167 Å². The van der Waals surface area contributed by atoms with Crippen molar-refractivity contribution in [3.8, 4) is 22.8 Å². The number of fused-ring (bicyclic) bond motifs is 1. The van der Waals surface area contributed by atoms with Crippen molar-refractivity contribution in [1.82, 2.24) is 4.90 Å². The first kappa shape index (κ1) is 19.0. The summed E-state index contributed by atoms with van der Waals surface area (Å²) in [5.74, 6) is 0.796. The van der Waals surface area contributed by atoms with E-state index in [0.717, 1.165) is 0 Å². The summed E-state index contributed by atoms with van der Waals surface area (Å²) >= 11 is 0. The highest BCUT2D eigenvalue weighted by molar-refractivity contribution is 5.83. The summed E-state index contributed by atoms with van der Waals surface area (Å²) in [5, 5.41) is 0.401. The van der Waals surface area contributed by atoms with Crippen LogP contribution in [0.4, 0.5) is 0 Å². The monoisotopic (exact) mass is 395 g/mol. The molecule has 1 fully saturated rings. The van der Waals surface area contributed by atoms with Crippen molar-refractivity contribution >= 4 is 16.9 Å². The number of amides is 1. The first-order valence-corrected chi connectivity index (χ1v) is 9.36. The number of ether oxygens (including phenoxy) is 3. The highest BCUT2D eigenvalue weighted by atomic mass is 16.5. The zero-order chi connectivity index (χ0) is 20.2. The van der Waals surface area contributed by atoms with Gasteiger partial charge in [0, 0.05) is 18.7 Å². The Hall–Kier alpha value is -3.32. The molecule has 2 aromatic carbocycles. The summed E-state index contributed by atoms with van der Waals surface area (Å²) in [6, 6.07) is 14.1. The van der Waals surface area contributed by atoms with Crippen LogP contribution in [-0.2, 0) is 9.53 Å². The van der Waals surface area contributed by atoms with Crippen LogP contribution < -0.4 is 14.9 Å². The van der Waals surface area contributed by atoms with Crippen LogP contribution in [-0.4, -0.2) is 50.8 Å². The van der Waals surface area contributed by atoms with Crippen molar-refractivity contribution in [1.29, 1.82) is 0 Å². The van der Waals surface area contributed by atoms with Crippen molar-refractivity contribution < 1.29 is 23.4 Å². The molecule has 1 aromatic heterocycles. The molecule has 1 aliphatic heterocycles. The zero-order valence-corrected chi connectivity index (χ0v) is 16.1. The first-order chi connectivity index (χ1) is 14.2. The van der Waals surface area contributed by atoms with Crippen LogP contribution in [0, 0.1) is 0 Å². The minimum absolute atomic E-state index is 0.0236. The Balaban J connectivity index is 1.70. The first-order valence-electron chi connectivity index (χ1n) is 9.36. The van der Waals surface area contributed by atoms with Crippen LogP contribution in [0.15, 0.2) is 57.7 Å². The van der Waals surface area contributed by atoms with E-state index in [9.17, 15) is 9.59 Å². The maximum absolute atomic E-state index is 13.1. The lowest BCUT2D eigenvalue weighted by Crippen LogP contribution is -2.43. The number of carbonyl (C=O) groups is 1. The van der Waals surface area contributed by atoms with Gasteiger partial charge in [-0.1, -0.05) is 12.1 Å². The molecule has 0 aliphatic carbocycles. The minimum Gasteiger partial charge on any atom is -0.497 e. The average Bonchev–Trinajstić information content (AvgIpc) is 2.79. The summed E-state index contributed by atoms with van der Waals surface area (Å²) in [4.78, 5) is 27.2. The second-order valence-corrected chi connectivity index (χ2v) is 6.60. The highest BCUT2D eigenvalue weighted by Crippen LogP contribution is 2.32. The van der Waals surface area contributed by atoms with Crippen LogP contribution >= 0.6 is 0 Å². The van der Waals surface area contributed by atoms with E-state index in [1.54, 1.807) is 60.5 Å². The third-order valence-corrected chi connectivity index (χ3v) is 4.81. The largest absolute Gasteiger partial charge is 0.497 e. The Morgan fingerprint density at radius 3 is 2.52 bits per heavy atom. The Morgan fingerprint density at radius 1 is 1.07 bits per heavy atom. The molecular formula is C22H21NO6. The molecule has 0 bridgehead atoms. The van der Waals surface area contributed by atoms with Crippen LogP contribution in [0.1, 0.15) is 0 Å². The van der Waals surface area contributed by atoms with Crippen molar-refractivity contribution in [2.24, 2.45) is 0 Å². The molecule has 0 unspecified atom stereocenters. The van der Waals surface area contributed by atoms with Gasteiger partial charge in [0.25, 0.3) is 5.91 Å². The Kier molecular flexibility index (Phi) is 5.48. The molecule has 150 valence electrons. The summed E-state index contributed by atoms with van der Waals surface area (Å²) in [7, 11) is 1.58. The van der Waals surface area contributed by atoms with Gasteiger partial charge in [-0.25, -0.2) is 0 Å². The van der Waals surface area contributed by atoms with Crippen molar-refractivity contribution in [3.05, 3.63) is 58.8 Å². The third-order valence-electron chi connectivity index (χ3n) is 4.81. The predicted molar refractivity (Wildman–Crippen MR) is 107 cm³/mol. The number of carbonyl (C=O) groups excluding carboxylic acids is 1. The summed E-state index contributed by atoms with van der Waals surface area (Å²) in [5.41, 5.74) is 0.796. The molecule has 1 amide bonds. The molecule has 1 aliphatic rings. The molecule has 0 spiro atoms. The average molecular weight is 395 g/mol. The molecule has 2 heterocycles. The standard InChI is InChI=1S/C22H21NO6/c1-26-16-8-6-15(7-9-16)21-22(20(25)17-4-2-3-5-18(17)29-21)28-14-19(24)23-10-12-27-13-11-23/h2-9H,10-14H2,1H3. The molecule has 0 radical (unpaired) electrons. The van der Waals surface area contributed by atoms with Crippen LogP contribution in [0.5, 0.6) is 11.5 Å². The summed E-state index contributed by atoms with van der Waals surface area (Å²) in [6.07, 6.45) is 0. The quantitative estimate of drug-likeness (QED) is 0.661. The van der Waals surface area contributed by atoms with Crippen LogP contribution in [0.2, 0.25) is 0 Å². The fourth-order valence-electron chi connectivity index (χ4n) is 3.23. The second-order valence-electron chi connectivity index (χ2n) is 6.60. The zero-order valence-electron chi connectivity index (χ0n) is 16.1. The van der Waals surface area contributed by atoms with E-state index in [0.29, 0.717) is 48.6 Å². The molecule has 3 aromatic rings. The van der Waals surface area contributed by atoms with Crippen molar-refractivity contribution in [2.75, 3.05) is 40.0 Å². The third kappa shape index (κ3) is 3.95. The van der Waals surface area contributed by atoms with Gasteiger partial charge in [0.1, 0.15) is 11.3 Å². The fourth-order valence-corrected chi connectivity index (χ4v) is 3.23. The Bertz CT molecular complexity index is 1070. The number of morpholine rings is 1. The number of methoxy groups -OCH3 is 1. The van der Waals surface area contributed by atoms with Gasteiger partial charge in [0.2, 0.25) is 11.2 Å². The number of hydrogen-bond acceptors (Lipinski definition) is 6. The smallest absolute Gasteiger partial charge is 0.260 e. The lowest BCUT2D eigenvalue weighted by Gasteiger charge is -2.26. The molecular weight excluding hydrogens is 374 g/mol. The summed E-state index contributed by atoms with van der Waals surface area (Å²) in [6.45, 7) is 1.79. The van der Waals surface area contributed by atoms with Crippen molar-refractivity contribution in [3.63, 3.8) is 0 Å². The number of rotatable bonds is 5. The van der Waals surface area contributed by atoms with Gasteiger partial charge in [-0.3, -0.25) is 9.59 Å². The SMILES string of the molecule is COc1ccc(-c2oc3ccccc3c(=O)c2OCC(=O)N2CCOCC2)cc1. The maximum Gasteiger partial charge on any atom is 0.260 e. The number of para-hydroxylation sites is 1. The number of benzene rings is 2. The van der Waals surface area contributed by atoms with Gasteiger partial charge in [-0.05, 0) is 36.4 Å². The van der Waals surface area contributed by atoms with E-state index in [2.05, 4.69) is 0 Å². The van der Waals surface area contributed by atoms with Gasteiger partial charge in [-0.15, -0.1) is 0 Å². The van der Waals surface area contributed by atoms with E-state index < -0.39 is 0 Å². The summed E-state index contributed by atoms with van der Waals surface area (Å²) < 4.78 is 22.2. The van der Waals surface area contributed by atoms with E-state index >= 15 is 0 Å². The maximum atomic E-state index is 13.1. The Morgan fingerprint density at radius 2 is 1.79 bits per heavy atom. The van der Waals surface area contributed by atoms with E-state index in [4.69, 9.17) is 18.6 Å². The molecule has 0 atom stereocenters. The van der Waals surface area contributed by atoms with Gasteiger partial charge in [0.15, 0.2) is 12.4 Å².